The highest BCUT2D eigenvalue weighted by molar-refractivity contribution is 7.89. The number of rotatable bonds is 2. The number of hydrogen-bond donors (Lipinski definition) is 2. The first-order chi connectivity index (χ1) is 6.73. The predicted octanol–water partition coefficient (Wildman–Crippen LogP) is 0.388. The summed E-state index contributed by atoms with van der Waals surface area (Å²) in [6, 6.07) is 0.353. The van der Waals surface area contributed by atoms with Crippen LogP contribution in [0.2, 0.25) is 0 Å². The number of nitrogens with two attached hydrogens (primary N) is 2. The fourth-order valence-corrected chi connectivity index (χ4v) is 1.37. The van der Waals surface area contributed by atoms with Gasteiger partial charge in [0.15, 0.2) is 16.7 Å². The minimum Gasteiger partial charge on any atom is -0.381 e. The number of nitrogens with zero attached hydrogens (tertiary/aromatic N) is 1. The first-order valence-corrected chi connectivity index (χ1v) is 5.05. The normalized spacial score (nSPS) is 12.1. The van der Waals surface area contributed by atoms with Crippen molar-refractivity contribution >= 4 is 15.8 Å². The topological polar surface area (TPSA) is 99.1 Å². The van der Waals surface area contributed by atoms with Crippen LogP contribution in [0.25, 0.3) is 0 Å². The Morgan fingerprint density at radius 1 is 1.40 bits per heavy atom. The Bertz CT molecular complexity index is 489. The van der Waals surface area contributed by atoms with Crippen molar-refractivity contribution in [3.63, 3.8) is 0 Å². The maximum Gasteiger partial charge on any atom is 0.266 e. The number of aromatic nitrogens is 1. The molecular weight excluding hydrogens is 235 g/mol. The van der Waals surface area contributed by atoms with E-state index in [1.165, 1.54) is 0 Å². The molecule has 0 amide bonds. The SMILES string of the molecule is Nc1nc(S(N)(=O)=O)cc(C(F)F)c1F. The fourth-order valence-electron chi connectivity index (χ4n) is 0.849. The summed E-state index contributed by atoms with van der Waals surface area (Å²) >= 11 is 0. The van der Waals surface area contributed by atoms with Crippen LogP contribution in [-0.4, -0.2) is 13.4 Å². The molecule has 5 nitrogen and oxygen atoms in total. The van der Waals surface area contributed by atoms with Gasteiger partial charge in [0.05, 0.1) is 5.56 Å². The third-order valence-corrected chi connectivity index (χ3v) is 2.31. The number of alkyl halides is 2. The smallest absolute Gasteiger partial charge is 0.266 e. The van der Waals surface area contributed by atoms with Crippen LogP contribution in [0.5, 0.6) is 0 Å². The maximum atomic E-state index is 12.9. The quantitative estimate of drug-likeness (QED) is 0.782. The van der Waals surface area contributed by atoms with Crippen molar-refractivity contribution in [2.24, 2.45) is 5.14 Å². The maximum absolute atomic E-state index is 12.9. The van der Waals surface area contributed by atoms with Gasteiger partial charge >= 0.3 is 0 Å². The lowest BCUT2D eigenvalue weighted by Gasteiger charge is -2.06. The van der Waals surface area contributed by atoms with Gasteiger partial charge in [-0.1, -0.05) is 0 Å². The zero-order valence-electron chi connectivity index (χ0n) is 7.12. The Kier molecular flexibility index (Phi) is 2.86. The van der Waals surface area contributed by atoms with E-state index in [0.29, 0.717) is 6.07 Å². The van der Waals surface area contributed by atoms with E-state index >= 15 is 0 Å². The second kappa shape index (κ2) is 3.66. The summed E-state index contributed by atoms with van der Waals surface area (Å²) in [4.78, 5) is 3.04. The monoisotopic (exact) mass is 241 g/mol. The molecule has 0 bridgehead atoms. The Morgan fingerprint density at radius 2 is 1.93 bits per heavy atom. The van der Waals surface area contributed by atoms with Crippen LogP contribution in [0.3, 0.4) is 0 Å². The highest BCUT2D eigenvalue weighted by Gasteiger charge is 2.21. The van der Waals surface area contributed by atoms with Crippen LogP contribution in [-0.2, 0) is 10.0 Å². The molecule has 4 N–H and O–H groups in total. The summed E-state index contributed by atoms with van der Waals surface area (Å²) in [5.41, 5.74) is 3.77. The third kappa shape index (κ3) is 2.36. The molecule has 0 spiro atoms. The first-order valence-electron chi connectivity index (χ1n) is 3.50. The van der Waals surface area contributed by atoms with Crippen molar-refractivity contribution in [2.75, 3.05) is 5.73 Å². The number of sulfonamides is 1. The molecule has 0 radical (unpaired) electrons. The highest BCUT2D eigenvalue weighted by atomic mass is 32.2. The van der Waals surface area contributed by atoms with Gasteiger partial charge in [-0.3, -0.25) is 0 Å². The zero-order valence-corrected chi connectivity index (χ0v) is 7.93. The summed E-state index contributed by atoms with van der Waals surface area (Å²) in [6.07, 6.45) is -3.20. The van der Waals surface area contributed by atoms with Crippen molar-refractivity contribution in [1.29, 1.82) is 0 Å². The van der Waals surface area contributed by atoms with E-state index in [0.717, 1.165) is 0 Å². The van der Waals surface area contributed by atoms with Gasteiger partial charge in [0, 0.05) is 0 Å². The Labute approximate surface area is 83.0 Å². The predicted molar refractivity (Wildman–Crippen MR) is 44.9 cm³/mol. The highest BCUT2D eigenvalue weighted by Crippen LogP contribution is 2.26. The molecule has 84 valence electrons. The van der Waals surface area contributed by atoms with Gasteiger partial charge in [0.1, 0.15) is 0 Å². The molecule has 0 unspecified atom stereocenters. The Balaban J connectivity index is 3.50. The molecule has 0 saturated carbocycles. The minimum atomic E-state index is -4.29. The van der Waals surface area contributed by atoms with Crippen LogP contribution in [0.1, 0.15) is 12.0 Å². The number of halogens is 3. The molecule has 9 heteroatoms. The van der Waals surface area contributed by atoms with Gasteiger partial charge in [-0.25, -0.2) is 31.7 Å². The lowest BCUT2D eigenvalue weighted by molar-refractivity contribution is 0.146. The molecule has 0 saturated heterocycles. The molecule has 1 rings (SSSR count). The summed E-state index contributed by atoms with van der Waals surface area (Å²) in [7, 11) is -4.29. The van der Waals surface area contributed by atoms with Crippen molar-refractivity contribution < 1.29 is 21.6 Å². The van der Waals surface area contributed by atoms with Gasteiger partial charge in [-0.15, -0.1) is 0 Å². The average molecular weight is 241 g/mol. The molecule has 0 aliphatic heterocycles. The number of primary sulfonamides is 1. The molecule has 1 aromatic heterocycles. The van der Waals surface area contributed by atoms with E-state index < -0.39 is 38.7 Å². The van der Waals surface area contributed by atoms with Crippen LogP contribution >= 0.6 is 0 Å². The summed E-state index contributed by atoms with van der Waals surface area (Å²) in [5, 5.41) is 3.74. The van der Waals surface area contributed by atoms with E-state index in [1.54, 1.807) is 0 Å². The fraction of sp³-hybridized carbons (Fsp3) is 0.167. The van der Waals surface area contributed by atoms with Crippen LogP contribution in [0.4, 0.5) is 19.0 Å². The lowest BCUT2D eigenvalue weighted by Crippen LogP contribution is -2.16. The van der Waals surface area contributed by atoms with E-state index in [9.17, 15) is 21.6 Å². The second-order valence-electron chi connectivity index (χ2n) is 2.59. The summed E-state index contributed by atoms with van der Waals surface area (Å²) in [6.45, 7) is 0. The number of nitrogen functional groups attached to an aromatic ring is 1. The van der Waals surface area contributed by atoms with Crippen molar-refractivity contribution in [3.05, 3.63) is 17.4 Å². The van der Waals surface area contributed by atoms with Crippen LogP contribution < -0.4 is 10.9 Å². The van der Waals surface area contributed by atoms with Gasteiger partial charge in [0.25, 0.3) is 16.4 Å². The molecule has 0 fully saturated rings. The van der Waals surface area contributed by atoms with E-state index in [2.05, 4.69) is 10.1 Å². The molecule has 15 heavy (non-hydrogen) atoms. The van der Waals surface area contributed by atoms with Crippen LogP contribution in [0.15, 0.2) is 11.1 Å². The Morgan fingerprint density at radius 3 is 2.33 bits per heavy atom. The minimum absolute atomic E-state index is 0.353. The van der Waals surface area contributed by atoms with E-state index in [1.807, 2.05) is 0 Å². The third-order valence-electron chi connectivity index (χ3n) is 1.51. The molecular formula is C6H6F3N3O2S. The van der Waals surface area contributed by atoms with E-state index in [4.69, 9.17) is 5.73 Å². The number of anilines is 1. The number of pyridine rings is 1. The van der Waals surface area contributed by atoms with E-state index in [-0.39, 0.29) is 0 Å². The van der Waals surface area contributed by atoms with Gasteiger partial charge in [-0.05, 0) is 6.07 Å². The standard InChI is InChI=1S/C6H6F3N3O2S/c7-4-2(5(8)9)1-3(12-6(4)10)15(11,13)14/h1,5H,(H2,10,12)(H2,11,13,14). The average Bonchev–Trinajstić information content (AvgIpc) is 2.06. The van der Waals surface area contributed by atoms with Crippen molar-refractivity contribution in [3.8, 4) is 0 Å². The van der Waals surface area contributed by atoms with Crippen molar-refractivity contribution in [1.82, 2.24) is 4.98 Å². The van der Waals surface area contributed by atoms with Gasteiger partial charge in [-0.2, -0.15) is 0 Å². The lowest BCUT2D eigenvalue weighted by atomic mass is 10.2. The summed E-state index contributed by atoms with van der Waals surface area (Å²) in [5.74, 6) is -2.38. The Hall–Kier alpha value is -1.35. The zero-order chi connectivity index (χ0) is 11.8. The van der Waals surface area contributed by atoms with Crippen molar-refractivity contribution in [2.45, 2.75) is 11.5 Å². The largest absolute Gasteiger partial charge is 0.381 e. The van der Waals surface area contributed by atoms with Gasteiger partial charge < -0.3 is 5.73 Å². The molecule has 1 aromatic rings. The second-order valence-corrected chi connectivity index (χ2v) is 4.10. The molecule has 0 aromatic carbocycles. The molecule has 1 heterocycles. The number of hydrogen-bond acceptors (Lipinski definition) is 4. The summed E-state index contributed by atoms with van der Waals surface area (Å²) < 4.78 is 58.9. The first kappa shape index (κ1) is 11.7. The van der Waals surface area contributed by atoms with Gasteiger partial charge in [0.2, 0.25) is 0 Å². The molecule has 0 aliphatic rings. The molecule has 0 aliphatic carbocycles. The molecule has 0 atom stereocenters. The van der Waals surface area contributed by atoms with Crippen LogP contribution in [0, 0.1) is 5.82 Å².